The molecule has 0 aliphatic heterocycles. The van der Waals surface area contributed by atoms with Crippen molar-refractivity contribution in [3.63, 3.8) is 0 Å². The Kier molecular flexibility index (Phi) is 43.0. The number of quaternary nitrogens is 1. The van der Waals surface area contributed by atoms with Crippen LogP contribution in [0.5, 0.6) is 0 Å². The zero-order valence-corrected chi connectivity index (χ0v) is 40.8. The molecule has 0 aromatic carbocycles. The van der Waals surface area contributed by atoms with Crippen molar-refractivity contribution in [2.45, 2.75) is 219 Å². The van der Waals surface area contributed by atoms with Crippen molar-refractivity contribution in [3.05, 3.63) is 48.6 Å². The molecule has 0 N–H and O–H groups in total. The molecule has 8 nitrogen and oxygen atoms in total. The Bertz CT molecular complexity index is 1100. The molecule has 0 aliphatic carbocycles. The van der Waals surface area contributed by atoms with Crippen LogP contribution >= 0.6 is 7.82 Å². The van der Waals surface area contributed by atoms with E-state index in [1.165, 1.54) is 135 Å². The first-order valence-electron chi connectivity index (χ1n) is 24.9. The summed E-state index contributed by atoms with van der Waals surface area (Å²) in [5.41, 5.74) is 0. The normalized spacial score (nSPS) is 14.0. The fourth-order valence-corrected chi connectivity index (χ4v) is 7.45. The van der Waals surface area contributed by atoms with Gasteiger partial charge in [-0.1, -0.05) is 178 Å². The molecule has 2 unspecified atom stereocenters. The minimum absolute atomic E-state index is 0.0210. The Hall–Kier alpha value is -1.54. The van der Waals surface area contributed by atoms with Crippen LogP contribution in [0, 0.1) is 0 Å². The monoisotopic (exact) mass is 866 g/mol. The quantitative estimate of drug-likeness (QED) is 0.0198. The van der Waals surface area contributed by atoms with Gasteiger partial charge in [-0.15, -0.1) is 0 Å². The molecule has 0 spiro atoms. The van der Waals surface area contributed by atoms with Crippen LogP contribution in [0.15, 0.2) is 48.6 Å². The average molecular weight is 866 g/mol. The van der Waals surface area contributed by atoms with E-state index in [4.69, 9.17) is 18.5 Å². The maximum absolute atomic E-state index is 12.7. The minimum Gasteiger partial charge on any atom is -0.756 e. The largest absolute Gasteiger partial charge is 0.756 e. The standard InChI is InChI=1S/C51H96NO7P/c1-6-8-10-12-14-16-18-20-22-24-25-26-27-28-30-32-34-36-38-40-42-44-51(53)59-50(49-58-60(54,55)57-47-45-52(3,4)5)48-56-46-43-41-39-37-35-33-31-29-23-21-19-17-15-13-11-9-7-2/h18,20,23-25,27-29,50H,6-17,19,21-22,26,30-49H2,1-5H3/b20-18-,25-24-,28-27-,29-23-. The molecule has 0 aliphatic rings. The lowest BCUT2D eigenvalue weighted by Gasteiger charge is -2.28. The number of carbonyl (C=O) groups is 1. The number of carbonyl (C=O) groups excluding carboxylic acids is 1. The molecule has 2 atom stereocenters. The zero-order valence-electron chi connectivity index (χ0n) is 39.9. The summed E-state index contributed by atoms with van der Waals surface area (Å²) < 4.78 is 34.7. The van der Waals surface area contributed by atoms with Gasteiger partial charge in [0.2, 0.25) is 0 Å². The van der Waals surface area contributed by atoms with Crippen molar-refractivity contribution in [2.75, 3.05) is 54.1 Å². The van der Waals surface area contributed by atoms with Gasteiger partial charge in [0, 0.05) is 13.0 Å². The van der Waals surface area contributed by atoms with Gasteiger partial charge in [-0.2, -0.15) is 0 Å². The maximum Gasteiger partial charge on any atom is 0.306 e. The van der Waals surface area contributed by atoms with Gasteiger partial charge in [-0.25, -0.2) is 0 Å². The van der Waals surface area contributed by atoms with Crippen molar-refractivity contribution < 1.29 is 37.3 Å². The van der Waals surface area contributed by atoms with E-state index in [0.29, 0.717) is 24.1 Å². The van der Waals surface area contributed by atoms with E-state index in [0.717, 1.165) is 57.8 Å². The highest BCUT2D eigenvalue weighted by molar-refractivity contribution is 7.45. The lowest BCUT2D eigenvalue weighted by molar-refractivity contribution is -0.870. The number of phosphoric acid groups is 1. The number of nitrogens with zero attached hydrogens (tertiary/aromatic N) is 1. The molecule has 0 fully saturated rings. The summed E-state index contributed by atoms with van der Waals surface area (Å²) in [5.74, 6) is -0.348. The van der Waals surface area contributed by atoms with Gasteiger partial charge >= 0.3 is 5.97 Å². The van der Waals surface area contributed by atoms with Crippen LogP contribution in [0.2, 0.25) is 0 Å². The Labute approximate surface area is 371 Å². The summed E-state index contributed by atoms with van der Waals surface area (Å²) >= 11 is 0. The highest BCUT2D eigenvalue weighted by Crippen LogP contribution is 2.38. The summed E-state index contributed by atoms with van der Waals surface area (Å²) in [5, 5.41) is 0. The van der Waals surface area contributed by atoms with E-state index in [1.54, 1.807) is 0 Å². The van der Waals surface area contributed by atoms with E-state index >= 15 is 0 Å². The molecular weight excluding hydrogens is 770 g/mol. The Balaban J connectivity index is 4.21. The number of esters is 1. The third kappa shape index (κ3) is 47.5. The van der Waals surface area contributed by atoms with Gasteiger partial charge in [0.15, 0.2) is 0 Å². The molecule has 0 aromatic heterocycles. The molecule has 0 bridgehead atoms. The number of phosphoric ester groups is 1. The Morgan fingerprint density at radius 3 is 1.38 bits per heavy atom. The Morgan fingerprint density at radius 1 is 0.517 bits per heavy atom. The fraction of sp³-hybridized carbons (Fsp3) is 0.824. The second-order valence-corrected chi connectivity index (χ2v) is 19.2. The van der Waals surface area contributed by atoms with Gasteiger partial charge in [0.25, 0.3) is 7.82 Å². The predicted octanol–water partition coefficient (Wildman–Crippen LogP) is 14.5. The predicted molar refractivity (Wildman–Crippen MR) is 254 cm³/mol. The maximum atomic E-state index is 12.7. The third-order valence-electron chi connectivity index (χ3n) is 10.6. The molecule has 60 heavy (non-hydrogen) atoms. The lowest BCUT2D eigenvalue weighted by Crippen LogP contribution is -2.37. The van der Waals surface area contributed by atoms with Crippen molar-refractivity contribution >= 4 is 13.8 Å². The van der Waals surface area contributed by atoms with Crippen LogP contribution in [-0.4, -0.2) is 70.7 Å². The smallest absolute Gasteiger partial charge is 0.306 e. The van der Waals surface area contributed by atoms with Gasteiger partial charge < -0.3 is 27.9 Å². The molecule has 0 amide bonds. The van der Waals surface area contributed by atoms with Crippen molar-refractivity contribution in [3.8, 4) is 0 Å². The first-order chi connectivity index (χ1) is 29.1. The summed E-state index contributed by atoms with van der Waals surface area (Å²) in [6.45, 7) is 5.38. The number of likely N-dealkylation sites (N-methyl/N-ethyl adjacent to an activating group) is 1. The summed E-state index contributed by atoms with van der Waals surface area (Å²) in [4.78, 5) is 25.1. The van der Waals surface area contributed by atoms with Gasteiger partial charge in [-0.05, 0) is 77.0 Å². The van der Waals surface area contributed by atoms with Gasteiger partial charge in [0.1, 0.15) is 19.3 Å². The van der Waals surface area contributed by atoms with Crippen LogP contribution in [0.1, 0.15) is 213 Å². The highest BCUT2D eigenvalue weighted by Gasteiger charge is 2.20. The number of unbranched alkanes of at least 4 members (excludes halogenated alkanes) is 24. The van der Waals surface area contributed by atoms with Gasteiger partial charge in [-0.3, -0.25) is 9.36 Å². The summed E-state index contributed by atoms with van der Waals surface area (Å²) in [6, 6.07) is 0. The second kappa shape index (κ2) is 44.1. The topological polar surface area (TPSA) is 94.1 Å². The van der Waals surface area contributed by atoms with E-state index in [-0.39, 0.29) is 25.8 Å². The Morgan fingerprint density at radius 2 is 0.917 bits per heavy atom. The van der Waals surface area contributed by atoms with Crippen LogP contribution in [0.25, 0.3) is 0 Å². The fourth-order valence-electron chi connectivity index (χ4n) is 6.72. The SMILES string of the molecule is CCCCCCC/C=C\C/C=C\C/C=C\CCCCCCCCC(=O)OC(COCCCCCCCC/C=C\CCCCCCCCC)COP(=O)([O-])OCC[N+](C)(C)C. The van der Waals surface area contributed by atoms with E-state index in [1.807, 2.05) is 21.1 Å². The number of hydrogen-bond acceptors (Lipinski definition) is 7. The zero-order chi connectivity index (χ0) is 44.1. The number of rotatable bonds is 46. The van der Waals surface area contributed by atoms with Crippen LogP contribution in [0.4, 0.5) is 0 Å². The summed E-state index contributed by atoms with van der Waals surface area (Å²) in [7, 11) is 1.34. The third-order valence-corrected chi connectivity index (χ3v) is 11.6. The molecule has 0 saturated carbocycles. The highest BCUT2D eigenvalue weighted by atomic mass is 31.2. The second-order valence-electron chi connectivity index (χ2n) is 17.8. The van der Waals surface area contributed by atoms with Crippen LogP contribution in [0.3, 0.4) is 0 Å². The average Bonchev–Trinajstić information content (AvgIpc) is 3.20. The van der Waals surface area contributed by atoms with Crippen LogP contribution < -0.4 is 4.89 Å². The molecule has 0 rings (SSSR count). The molecule has 0 aromatic rings. The van der Waals surface area contributed by atoms with E-state index < -0.39 is 13.9 Å². The molecule has 9 heteroatoms. The van der Waals surface area contributed by atoms with Crippen LogP contribution in [-0.2, 0) is 27.9 Å². The van der Waals surface area contributed by atoms with E-state index in [2.05, 4.69) is 62.5 Å². The number of allylic oxidation sites excluding steroid dienone is 8. The molecule has 0 radical (unpaired) electrons. The number of hydrogen-bond donors (Lipinski definition) is 0. The lowest BCUT2D eigenvalue weighted by atomic mass is 10.1. The van der Waals surface area contributed by atoms with Crippen molar-refractivity contribution in [1.82, 2.24) is 0 Å². The van der Waals surface area contributed by atoms with E-state index in [9.17, 15) is 14.3 Å². The summed E-state index contributed by atoms with van der Waals surface area (Å²) in [6.07, 6.45) is 54.1. The van der Waals surface area contributed by atoms with Crippen molar-refractivity contribution in [2.24, 2.45) is 0 Å². The molecule has 0 saturated heterocycles. The molecule has 352 valence electrons. The molecular formula is C51H96NO7P. The first-order valence-corrected chi connectivity index (χ1v) is 26.3. The van der Waals surface area contributed by atoms with Crippen molar-refractivity contribution in [1.29, 1.82) is 0 Å². The van der Waals surface area contributed by atoms with Gasteiger partial charge in [0.05, 0.1) is 34.4 Å². The first kappa shape index (κ1) is 58.5. The minimum atomic E-state index is -4.53. The molecule has 0 heterocycles. The number of ether oxygens (including phenoxy) is 2.